The van der Waals surface area contributed by atoms with Crippen LogP contribution in [-0.2, 0) is 4.74 Å². The topological polar surface area (TPSA) is 44.5 Å². The maximum Gasteiger partial charge on any atom is 0.190 e. The van der Waals surface area contributed by atoms with Gasteiger partial charge < -0.3 is 15.2 Å². The van der Waals surface area contributed by atoms with Crippen molar-refractivity contribution in [1.29, 1.82) is 0 Å². The molecule has 94 valence electrons. The van der Waals surface area contributed by atoms with Gasteiger partial charge in [0.1, 0.15) is 6.61 Å². The summed E-state index contributed by atoms with van der Waals surface area (Å²) in [6, 6.07) is 2.08. The third-order valence-electron chi connectivity index (χ3n) is 2.71. The quantitative estimate of drug-likeness (QED) is 0.829. The molecule has 0 radical (unpaired) electrons. The number of anilines is 1. The van der Waals surface area contributed by atoms with Crippen molar-refractivity contribution in [2.75, 3.05) is 18.9 Å². The van der Waals surface area contributed by atoms with E-state index in [-0.39, 0.29) is 24.1 Å². The highest BCUT2D eigenvalue weighted by molar-refractivity contribution is 5.44. The number of hydrogen-bond acceptors (Lipinski definition) is 3. The Labute approximate surface area is 98.5 Å². The highest BCUT2D eigenvalue weighted by Crippen LogP contribution is 2.25. The number of benzene rings is 1. The van der Waals surface area contributed by atoms with Crippen LogP contribution < -0.4 is 10.5 Å². The molecule has 1 saturated heterocycles. The molecule has 0 bridgehead atoms. The lowest BCUT2D eigenvalue weighted by Gasteiger charge is -2.22. The molecular formula is C12H15F2NO2. The number of ether oxygens (including phenoxy) is 2. The number of nitrogens with two attached hydrogens (primary N) is 1. The van der Waals surface area contributed by atoms with Crippen LogP contribution in [0.5, 0.6) is 5.75 Å². The Kier molecular flexibility index (Phi) is 3.78. The molecule has 0 saturated carbocycles. The fourth-order valence-corrected chi connectivity index (χ4v) is 1.83. The van der Waals surface area contributed by atoms with E-state index in [2.05, 4.69) is 0 Å². The summed E-state index contributed by atoms with van der Waals surface area (Å²) in [6.45, 7) is 0.846. The van der Waals surface area contributed by atoms with E-state index in [1.54, 1.807) is 0 Å². The van der Waals surface area contributed by atoms with Gasteiger partial charge in [-0.25, -0.2) is 8.78 Å². The van der Waals surface area contributed by atoms with Crippen LogP contribution in [-0.4, -0.2) is 19.3 Å². The summed E-state index contributed by atoms with van der Waals surface area (Å²) in [5, 5.41) is 0. The second-order valence-corrected chi connectivity index (χ2v) is 4.11. The van der Waals surface area contributed by atoms with E-state index in [0.717, 1.165) is 31.4 Å². The van der Waals surface area contributed by atoms with Gasteiger partial charge in [0, 0.05) is 24.4 Å². The van der Waals surface area contributed by atoms with Crippen molar-refractivity contribution < 1.29 is 18.3 Å². The molecule has 0 aliphatic carbocycles. The van der Waals surface area contributed by atoms with Crippen molar-refractivity contribution in [3.05, 3.63) is 23.8 Å². The molecule has 1 aromatic rings. The molecule has 0 aromatic heterocycles. The maximum atomic E-state index is 13.4. The first-order valence-corrected chi connectivity index (χ1v) is 5.66. The fraction of sp³-hybridized carbons (Fsp3) is 0.500. The molecule has 1 aliphatic heterocycles. The van der Waals surface area contributed by atoms with Crippen LogP contribution in [0.4, 0.5) is 14.5 Å². The predicted molar refractivity (Wildman–Crippen MR) is 59.9 cm³/mol. The molecule has 1 aromatic carbocycles. The van der Waals surface area contributed by atoms with Gasteiger partial charge in [-0.05, 0) is 19.3 Å². The van der Waals surface area contributed by atoms with Gasteiger partial charge in [-0.3, -0.25) is 0 Å². The second kappa shape index (κ2) is 5.31. The summed E-state index contributed by atoms with van der Waals surface area (Å²) >= 11 is 0. The lowest BCUT2D eigenvalue weighted by molar-refractivity contribution is -0.0124. The van der Waals surface area contributed by atoms with Crippen molar-refractivity contribution >= 4 is 5.69 Å². The van der Waals surface area contributed by atoms with Gasteiger partial charge in [0.15, 0.2) is 17.4 Å². The standard InChI is InChI=1S/C12H15F2NO2/c13-10-5-8(15)6-11(14)12(10)17-7-9-3-1-2-4-16-9/h5-6,9H,1-4,7,15H2. The lowest BCUT2D eigenvalue weighted by atomic mass is 10.1. The fourth-order valence-electron chi connectivity index (χ4n) is 1.83. The molecule has 2 N–H and O–H groups in total. The van der Waals surface area contributed by atoms with Gasteiger partial charge in [-0.2, -0.15) is 0 Å². The van der Waals surface area contributed by atoms with E-state index in [1.807, 2.05) is 0 Å². The average Bonchev–Trinajstić information content (AvgIpc) is 2.29. The Morgan fingerprint density at radius 3 is 2.59 bits per heavy atom. The minimum atomic E-state index is -0.779. The monoisotopic (exact) mass is 243 g/mol. The normalized spacial score (nSPS) is 20.2. The zero-order chi connectivity index (χ0) is 12.3. The van der Waals surface area contributed by atoms with Crippen LogP contribution >= 0.6 is 0 Å². The summed E-state index contributed by atoms with van der Waals surface area (Å²) in [5.41, 5.74) is 5.35. The minimum Gasteiger partial charge on any atom is -0.485 e. The SMILES string of the molecule is Nc1cc(F)c(OCC2CCCCO2)c(F)c1. The number of rotatable bonds is 3. The Hall–Kier alpha value is -1.36. The third kappa shape index (κ3) is 3.06. The number of hydrogen-bond donors (Lipinski definition) is 1. The first-order valence-electron chi connectivity index (χ1n) is 5.66. The van der Waals surface area contributed by atoms with Gasteiger partial charge in [0.2, 0.25) is 0 Å². The second-order valence-electron chi connectivity index (χ2n) is 4.11. The highest BCUT2D eigenvalue weighted by atomic mass is 19.1. The number of halogens is 2. The van der Waals surface area contributed by atoms with Gasteiger partial charge >= 0.3 is 0 Å². The van der Waals surface area contributed by atoms with E-state index in [4.69, 9.17) is 15.2 Å². The zero-order valence-corrected chi connectivity index (χ0v) is 9.42. The minimum absolute atomic E-state index is 0.0428. The molecule has 1 fully saturated rings. The van der Waals surface area contributed by atoms with Crippen molar-refractivity contribution in [1.82, 2.24) is 0 Å². The van der Waals surface area contributed by atoms with Crippen molar-refractivity contribution in [3.8, 4) is 5.75 Å². The molecule has 2 rings (SSSR count). The summed E-state index contributed by atoms with van der Waals surface area (Å²) in [5.74, 6) is -1.94. The molecule has 3 nitrogen and oxygen atoms in total. The van der Waals surface area contributed by atoms with Crippen LogP contribution in [0, 0.1) is 11.6 Å². The predicted octanol–water partition coefficient (Wildman–Crippen LogP) is 2.49. The summed E-state index contributed by atoms with van der Waals surface area (Å²) in [6.07, 6.45) is 2.86. The van der Waals surface area contributed by atoms with Gasteiger partial charge in [-0.15, -0.1) is 0 Å². The molecule has 17 heavy (non-hydrogen) atoms. The largest absolute Gasteiger partial charge is 0.485 e. The van der Waals surface area contributed by atoms with Gasteiger partial charge in [-0.1, -0.05) is 0 Å². The Balaban J connectivity index is 1.98. The first kappa shape index (κ1) is 12.1. The van der Waals surface area contributed by atoms with E-state index in [1.165, 1.54) is 0 Å². The Morgan fingerprint density at radius 1 is 1.29 bits per heavy atom. The smallest absolute Gasteiger partial charge is 0.190 e. The maximum absolute atomic E-state index is 13.4. The average molecular weight is 243 g/mol. The number of nitrogen functional groups attached to an aromatic ring is 1. The molecule has 1 atom stereocenters. The molecule has 0 amide bonds. The van der Waals surface area contributed by atoms with Gasteiger partial charge in [0.25, 0.3) is 0 Å². The Bertz CT molecular complexity index is 369. The zero-order valence-electron chi connectivity index (χ0n) is 9.42. The summed E-state index contributed by atoms with van der Waals surface area (Å²) in [7, 11) is 0. The van der Waals surface area contributed by atoms with Crippen molar-refractivity contribution in [3.63, 3.8) is 0 Å². The molecular weight excluding hydrogens is 228 g/mol. The van der Waals surface area contributed by atoms with E-state index in [0.29, 0.717) is 6.61 Å². The Morgan fingerprint density at radius 2 is 2.00 bits per heavy atom. The van der Waals surface area contributed by atoms with Crippen molar-refractivity contribution in [2.24, 2.45) is 0 Å². The van der Waals surface area contributed by atoms with Crippen LogP contribution in [0.3, 0.4) is 0 Å². The van der Waals surface area contributed by atoms with Crippen molar-refractivity contribution in [2.45, 2.75) is 25.4 Å². The third-order valence-corrected chi connectivity index (χ3v) is 2.71. The van der Waals surface area contributed by atoms with Crippen LogP contribution in [0.15, 0.2) is 12.1 Å². The van der Waals surface area contributed by atoms with Gasteiger partial charge in [0.05, 0.1) is 6.10 Å². The summed E-state index contributed by atoms with van der Waals surface area (Å²) < 4.78 is 37.3. The summed E-state index contributed by atoms with van der Waals surface area (Å²) in [4.78, 5) is 0. The molecule has 0 spiro atoms. The van der Waals surface area contributed by atoms with Crippen LogP contribution in [0.25, 0.3) is 0 Å². The van der Waals surface area contributed by atoms with E-state index >= 15 is 0 Å². The highest BCUT2D eigenvalue weighted by Gasteiger charge is 2.17. The molecule has 5 heteroatoms. The molecule has 1 heterocycles. The molecule has 1 aliphatic rings. The first-order chi connectivity index (χ1) is 8.16. The van der Waals surface area contributed by atoms with Crippen LogP contribution in [0.2, 0.25) is 0 Å². The molecule has 1 unspecified atom stereocenters. The van der Waals surface area contributed by atoms with E-state index < -0.39 is 11.6 Å². The lowest BCUT2D eigenvalue weighted by Crippen LogP contribution is -2.26. The van der Waals surface area contributed by atoms with Crippen LogP contribution in [0.1, 0.15) is 19.3 Å². The van der Waals surface area contributed by atoms with E-state index in [9.17, 15) is 8.78 Å².